The summed E-state index contributed by atoms with van der Waals surface area (Å²) in [5.41, 5.74) is 3.61. The zero-order valence-corrected chi connectivity index (χ0v) is 14.1. The van der Waals surface area contributed by atoms with Crippen molar-refractivity contribution in [1.29, 1.82) is 0 Å². The summed E-state index contributed by atoms with van der Waals surface area (Å²) in [5, 5.41) is 14.7. The van der Waals surface area contributed by atoms with Gasteiger partial charge in [0.25, 0.3) is 0 Å². The Hall–Kier alpha value is -2.21. The first-order chi connectivity index (χ1) is 11.3. The van der Waals surface area contributed by atoms with Crippen molar-refractivity contribution in [2.75, 3.05) is 30.9 Å². The van der Waals surface area contributed by atoms with E-state index in [0.29, 0.717) is 11.8 Å². The number of ether oxygens (including phenoxy) is 1. The predicted molar refractivity (Wildman–Crippen MR) is 93.3 cm³/mol. The first kappa shape index (κ1) is 17.1. The predicted octanol–water partition coefficient (Wildman–Crippen LogP) is 3.19. The normalized spacial score (nSPS) is 10.6. The summed E-state index contributed by atoms with van der Waals surface area (Å²) in [6.07, 6.45) is 4.46. The van der Waals surface area contributed by atoms with Crippen molar-refractivity contribution >= 4 is 17.5 Å². The van der Waals surface area contributed by atoms with Gasteiger partial charge in [0.1, 0.15) is 0 Å². The Kier molecular flexibility index (Phi) is 6.75. The molecule has 1 aromatic carbocycles. The minimum Gasteiger partial charge on any atom is -0.385 e. The molecule has 6 heteroatoms. The van der Waals surface area contributed by atoms with Gasteiger partial charge in [0.05, 0.1) is 6.20 Å². The van der Waals surface area contributed by atoms with Gasteiger partial charge in [0.15, 0.2) is 5.82 Å². The van der Waals surface area contributed by atoms with Gasteiger partial charge < -0.3 is 15.4 Å². The number of hydrogen-bond donors (Lipinski definition) is 2. The topological polar surface area (TPSA) is 72.0 Å². The third-order valence-corrected chi connectivity index (χ3v) is 3.63. The Labute approximate surface area is 137 Å². The number of para-hydroxylation sites is 1. The van der Waals surface area contributed by atoms with Gasteiger partial charge in [-0.05, 0) is 30.4 Å². The van der Waals surface area contributed by atoms with Crippen molar-refractivity contribution < 1.29 is 4.74 Å². The Bertz CT molecular complexity index is 595. The van der Waals surface area contributed by atoms with Gasteiger partial charge >= 0.3 is 0 Å². The van der Waals surface area contributed by atoms with Crippen LogP contribution in [0, 0.1) is 0 Å². The second kappa shape index (κ2) is 9.05. The fourth-order valence-electron chi connectivity index (χ4n) is 2.39. The minimum absolute atomic E-state index is 0.511. The van der Waals surface area contributed by atoms with Crippen molar-refractivity contribution in [3.8, 4) is 0 Å². The van der Waals surface area contributed by atoms with E-state index in [1.165, 1.54) is 11.1 Å². The van der Waals surface area contributed by atoms with Crippen molar-refractivity contribution in [3.05, 3.63) is 35.5 Å². The third kappa shape index (κ3) is 4.89. The molecule has 0 bridgehead atoms. The quantitative estimate of drug-likeness (QED) is 0.692. The number of rotatable bonds is 9. The fourth-order valence-corrected chi connectivity index (χ4v) is 2.39. The lowest BCUT2D eigenvalue weighted by molar-refractivity contribution is 0.197. The van der Waals surface area contributed by atoms with E-state index in [2.05, 4.69) is 57.9 Å². The van der Waals surface area contributed by atoms with Gasteiger partial charge in [0, 0.05) is 25.9 Å². The summed E-state index contributed by atoms with van der Waals surface area (Å²) >= 11 is 0. The maximum absolute atomic E-state index is 5.03. The number of nitrogens with zero attached hydrogens (tertiary/aromatic N) is 3. The van der Waals surface area contributed by atoms with Gasteiger partial charge in [-0.25, -0.2) is 0 Å². The van der Waals surface area contributed by atoms with E-state index in [0.717, 1.165) is 38.1 Å². The maximum Gasteiger partial charge on any atom is 0.249 e. The summed E-state index contributed by atoms with van der Waals surface area (Å²) < 4.78 is 5.03. The molecule has 0 aliphatic carbocycles. The van der Waals surface area contributed by atoms with Crippen LogP contribution in [0.3, 0.4) is 0 Å². The number of aromatic nitrogens is 3. The van der Waals surface area contributed by atoms with E-state index in [4.69, 9.17) is 4.74 Å². The van der Waals surface area contributed by atoms with Crippen LogP contribution in [0.4, 0.5) is 17.5 Å². The molecule has 0 aliphatic rings. The highest BCUT2D eigenvalue weighted by atomic mass is 16.5. The lowest BCUT2D eigenvalue weighted by Gasteiger charge is -2.14. The second-order valence-corrected chi connectivity index (χ2v) is 5.22. The highest BCUT2D eigenvalue weighted by molar-refractivity contribution is 5.64. The molecule has 0 amide bonds. The maximum atomic E-state index is 5.03. The molecule has 0 aliphatic heterocycles. The molecule has 0 radical (unpaired) electrons. The standard InChI is InChI=1S/C17H25N5O/c1-4-13-8-6-9-14(5-2)16(13)21-17-20-15(12-19-22-17)18-10-7-11-23-3/h6,8-9,12H,4-5,7,10-11H2,1-3H3,(H2,18,20,21,22). The Morgan fingerprint density at radius 1 is 1.13 bits per heavy atom. The minimum atomic E-state index is 0.511. The Morgan fingerprint density at radius 2 is 1.87 bits per heavy atom. The number of aryl methyl sites for hydroxylation is 2. The molecule has 1 aromatic heterocycles. The smallest absolute Gasteiger partial charge is 0.249 e. The highest BCUT2D eigenvalue weighted by Crippen LogP contribution is 2.25. The van der Waals surface area contributed by atoms with Crippen LogP contribution in [-0.4, -0.2) is 35.4 Å². The van der Waals surface area contributed by atoms with Gasteiger partial charge in [0.2, 0.25) is 5.95 Å². The second-order valence-electron chi connectivity index (χ2n) is 5.22. The number of anilines is 3. The molecule has 23 heavy (non-hydrogen) atoms. The van der Waals surface area contributed by atoms with E-state index < -0.39 is 0 Å². The van der Waals surface area contributed by atoms with Crippen molar-refractivity contribution in [2.24, 2.45) is 0 Å². The Morgan fingerprint density at radius 3 is 2.52 bits per heavy atom. The first-order valence-electron chi connectivity index (χ1n) is 8.08. The molecule has 124 valence electrons. The van der Waals surface area contributed by atoms with Gasteiger partial charge in [-0.1, -0.05) is 32.0 Å². The molecular weight excluding hydrogens is 290 g/mol. The van der Waals surface area contributed by atoms with Crippen LogP contribution < -0.4 is 10.6 Å². The zero-order valence-electron chi connectivity index (χ0n) is 14.1. The molecule has 2 rings (SSSR count). The Balaban J connectivity index is 2.11. The zero-order chi connectivity index (χ0) is 16.5. The van der Waals surface area contributed by atoms with Crippen LogP contribution in [0.15, 0.2) is 24.4 Å². The molecule has 1 heterocycles. The van der Waals surface area contributed by atoms with E-state index in [1.54, 1.807) is 13.3 Å². The van der Waals surface area contributed by atoms with Crippen LogP contribution >= 0.6 is 0 Å². The SMILES string of the molecule is CCc1cccc(CC)c1Nc1nncc(NCCCOC)n1. The molecule has 0 spiro atoms. The van der Waals surface area contributed by atoms with Crippen molar-refractivity contribution in [3.63, 3.8) is 0 Å². The molecule has 0 fully saturated rings. The molecule has 0 atom stereocenters. The van der Waals surface area contributed by atoms with Crippen LogP contribution in [-0.2, 0) is 17.6 Å². The van der Waals surface area contributed by atoms with Crippen LogP contribution in [0.5, 0.6) is 0 Å². The van der Waals surface area contributed by atoms with E-state index in [9.17, 15) is 0 Å². The number of methoxy groups -OCH3 is 1. The third-order valence-electron chi connectivity index (χ3n) is 3.63. The van der Waals surface area contributed by atoms with Crippen LogP contribution in [0.1, 0.15) is 31.4 Å². The number of benzene rings is 1. The van der Waals surface area contributed by atoms with Gasteiger partial charge in [-0.15, -0.1) is 5.10 Å². The average molecular weight is 315 g/mol. The van der Waals surface area contributed by atoms with Crippen LogP contribution in [0.2, 0.25) is 0 Å². The molecule has 0 unspecified atom stereocenters. The van der Waals surface area contributed by atoms with E-state index >= 15 is 0 Å². The first-order valence-corrected chi connectivity index (χ1v) is 8.08. The molecule has 2 N–H and O–H groups in total. The summed E-state index contributed by atoms with van der Waals surface area (Å²) in [5.74, 6) is 1.22. The molecule has 6 nitrogen and oxygen atoms in total. The van der Waals surface area contributed by atoms with Gasteiger partial charge in [-0.2, -0.15) is 10.1 Å². The molecule has 0 saturated heterocycles. The molecule has 0 saturated carbocycles. The fraction of sp³-hybridized carbons (Fsp3) is 0.471. The average Bonchev–Trinajstić information content (AvgIpc) is 2.59. The monoisotopic (exact) mass is 315 g/mol. The lowest BCUT2D eigenvalue weighted by atomic mass is 10.0. The van der Waals surface area contributed by atoms with Gasteiger partial charge in [-0.3, -0.25) is 0 Å². The van der Waals surface area contributed by atoms with Crippen LogP contribution in [0.25, 0.3) is 0 Å². The number of hydrogen-bond acceptors (Lipinski definition) is 6. The number of nitrogens with one attached hydrogen (secondary N) is 2. The largest absolute Gasteiger partial charge is 0.385 e. The van der Waals surface area contributed by atoms with Crippen molar-refractivity contribution in [2.45, 2.75) is 33.1 Å². The summed E-state index contributed by atoms with van der Waals surface area (Å²) in [6, 6.07) is 6.35. The summed E-state index contributed by atoms with van der Waals surface area (Å²) in [6.45, 7) is 5.80. The summed E-state index contributed by atoms with van der Waals surface area (Å²) in [7, 11) is 1.70. The van der Waals surface area contributed by atoms with E-state index in [-0.39, 0.29) is 0 Å². The molecule has 2 aromatic rings. The highest BCUT2D eigenvalue weighted by Gasteiger charge is 2.08. The lowest BCUT2D eigenvalue weighted by Crippen LogP contribution is -2.09. The molecular formula is C17H25N5O. The summed E-state index contributed by atoms with van der Waals surface area (Å²) in [4.78, 5) is 4.48. The van der Waals surface area contributed by atoms with E-state index in [1.807, 2.05) is 0 Å². The van der Waals surface area contributed by atoms with Crippen molar-refractivity contribution in [1.82, 2.24) is 15.2 Å².